The van der Waals surface area contributed by atoms with E-state index in [0.29, 0.717) is 11.4 Å². The largest absolute Gasteiger partial charge is 0.306 e. The Balaban J connectivity index is 2.34. The average Bonchev–Trinajstić information content (AvgIpc) is 2.40. The highest BCUT2D eigenvalue weighted by molar-refractivity contribution is 9.10. The number of benzene rings is 1. The molecular weight excluding hydrogens is 326 g/mol. The van der Waals surface area contributed by atoms with Crippen molar-refractivity contribution in [2.24, 2.45) is 0 Å². The molecule has 0 aliphatic rings. The van der Waals surface area contributed by atoms with Crippen LogP contribution in [0.4, 0.5) is 11.5 Å². The van der Waals surface area contributed by atoms with Crippen molar-refractivity contribution in [1.82, 2.24) is 4.98 Å². The SMILES string of the molecule is Cc1cccc([N+](=O)[O-])c1C(=O)Nc1ccc(Br)cn1. The van der Waals surface area contributed by atoms with Crippen LogP contribution in [0.5, 0.6) is 0 Å². The number of nitro benzene ring substituents is 1. The average molecular weight is 336 g/mol. The quantitative estimate of drug-likeness (QED) is 0.688. The van der Waals surface area contributed by atoms with E-state index in [1.807, 2.05) is 0 Å². The third-order valence-corrected chi connectivity index (χ3v) is 3.11. The van der Waals surface area contributed by atoms with Crippen LogP contribution in [0.25, 0.3) is 0 Å². The van der Waals surface area contributed by atoms with Crippen molar-refractivity contribution >= 4 is 33.3 Å². The lowest BCUT2D eigenvalue weighted by atomic mass is 10.1. The molecule has 0 atom stereocenters. The number of anilines is 1. The lowest BCUT2D eigenvalue weighted by Crippen LogP contribution is -2.16. The van der Waals surface area contributed by atoms with Gasteiger partial charge in [-0.2, -0.15) is 0 Å². The van der Waals surface area contributed by atoms with Crippen molar-refractivity contribution in [3.8, 4) is 0 Å². The Morgan fingerprint density at radius 1 is 1.35 bits per heavy atom. The molecule has 1 N–H and O–H groups in total. The fraction of sp³-hybridized carbons (Fsp3) is 0.0769. The van der Waals surface area contributed by atoms with Crippen LogP contribution >= 0.6 is 15.9 Å². The number of hydrogen-bond acceptors (Lipinski definition) is 4. The van der Waals surface area contributed by atoms with Crippen LogP contribution < -0.4 is 5.32 Å². The summed E-state index contributed by atoms with van der Waals surface area (Å²) in [6, 6.07) is 7.82. The van der Waals surface area contributed by atoms with Gasteiger partial charge in [0.1, 0.15) is 11.4 Å². The summed E-state index contributed by atoms with van der Waals surface area (Å²) in [5, 5.41) is 13.5. The Morgan fingerprint density at radius 3 is 2.70 bits per heavy atom. The number of nitro groups is 1. The predicted octanol–water partition coefficient (Wildman–Crippen LogP) is 3.31. The fourth-order valence-electron chi connectivity index (χ4n) is 1.73. The van der Waals surface area contributed by atoms with Crippen molar-refractivity contribution in [2.45, 2.75) is 6.92 Å². The van der Waals surface area contributed by atoms with E-state index in [4.69, 9.17) is 0 Å². The van der Waals surface area contributed by atoms with Crippen LogP contribution in [0.1, 0.15) is 15.9 Å². The molecule has 0 unspecified atom stereocenters. The number of carbonyl (C=O) groups excluding carboxylic acids is 1. The molecule has 20 heavy (non-hydrogen) atoms. The molecule has 7 heteroatoms. The molecule has 0 bridgehead atoms. The molecule has 0 aliphatic heterocycles. The second-order valence-electron chi connectivity index (χ2n) is 4.04. The number of rotatable bonds is 3. The summed E-state index contributed by atoms with van der Waals surface area (Å²) in [5.41, 5.74) is 0.357. The van der Waals surface area contributed by atoms with Gasteiger partial charge in [0.05, 0.1) is 4.92 Å². The molecule has 0 radical (unpaired) electrons. The Kier molecular flexibility index (Phi) is 4.09. The first-order valence-corrected chi connectivity index (χ1v) is 6.45. The van der Waals surface area contributed by atoms with Gasteiger partial charge in [0.2, 0.25) is 0 Å². The number of hydrogen-bond donors (Lipinski definition) is 1. The Hall–Kier alpha value is -2.28. The molecule has 1 aromatic heterocycles. The van der Waals surface area contributed by atoms with Gasteiger partial charge in [-0.05, 0) is 40.5 Å². The smallest absolute Gasteiger partial charge is 0.282 e. The maximum absolute atomic E-state index is 12.2. The third-order valence-electron chi connectivity index (χ3n) is 2.64. The first-order valence-electron chi connectivity index (χ1n) is 5.66. The fourth-order valence-corrected chi connectivity index (χ4v) is 1.96. The summed E-state index contributed by atoms with van der Waals surface area (Å²) in [6.45, 7) is 1.65. The van der Waals surface area contributed by atoms with Gasteiger partial charge in [0.25, 0.3) is 11.6 Å². The van der Waals surface area contributed by atoms with Gasteiger partial charge >= 0.3 is 0 Å². The molecule has 2 aromatic rings. The van der Waals surface area contributed by atoms with Crippen LogP contribution in [0.3, 0.4) is 0 Å². The Bertz CT molecular complexity index is 671. The summed E-state index contributed by atoms with van der Waals surface area (Å²) < 4.78 is 0.775. The number of aryl methyl sites for hydroxylation is 1. The van der Waals surface area contributed by atoms with Gasteiger partial charge in [-0.1, -0.05) is 12.1 Å². The third kappa shape index (κ3) is 3.00. The Morgan fingerprint density at radius 2 is 2.10 bits per heavy atom. The van der Waals surface area contributed by atoms with Gasteiger partial charge in [-0.25, -0.2) is 4.98 Å². The second kappa shape index (κ2) is 5.79. The highest BCUT2D eigenvalue weighted by Crippen LogP contribution is 2.23. The molecular formula is C13H10BrN3O3. The normalized spacial score (nSPS) is 10.1. The maximum Gasteiger partial charge on any atom is 0.282 e. The van der Waals surface area contributed by atoms with Gasteiger partial charge in [-0.3, -0.25) is 14.9 Å². The van der Waals surface area contributed by atoms with Crippen LogP contribution in [-0.4, -0.2) is 15.8 Å². The molecule has 0 saturated heterocycles. The summed E-state index contributed by atoms with van der Waals surface area (Å²) in [6.07, 6.45) is 1.53. The minimum Gasteiger partial charge on any atom is -0.306 e. The first kappa shape index (κ1) is 14.1. The molecule has 0 spiro atoms. The van der Waals surface area contributed by atoms with Crippen LogP contribution in [0.2, 0.25) is 0 Å². The van der Waals surface area contributed by atoms with Gasteiger partial charge in [0.15, 0.2) is 0 Å². The van der Waals surface area contributed by atoms with Gasteiger partial charge < -0.3 is 5.32 Å². The summed E-state index contributed by atoms with van der Waals surface area (Å²) >= 11 is 3.23. The second-order valence-corrected chi connectivity index (χ2v) is 4.96. The summed E-state index contributed by atoms with van der Waals surface area (Å²) in [7, 11) is 0. The zero-order valence-electron chi connectivity index (χ0n) is 10.5. The monoisotopic (exact) mass is 335 g/mol. The molecule has 102 valence electrons. The molecule has 0 fully saturated rings. The molecule has 1 heterocycles. The number of amides is 1. The molecule has 0 aliphatic carbocycles. The van der Waals surface area contributed by atoms with Gasteiger partial charge in [-0.15, -0.1) is 0 Å². The minimum absolute atomic E-state index is 0.0437. The molecule has 6 nitrogen and oxygen atoms in total. The maximum atomic E-state index is 12.2. The number of pyridine rings is 1. The number of aromatic nitrogens is 1. The Labute approximate surface area is 123 Å². The van der Waals surface area contributed by atoms with Crippen molar-refractivity contribution in [3.05, 3.63) is 62.2 Å². The van der Waals surface area contributed by atoms with E-state index < -0.39 is 10.8 Å². The van der Waals surface area contributed by atoms with E-state index in [1.54, 1.807) is 31.2 Å². The van der Waals surface area contributed by atoms with Crippen molar-refractivity contribution in [2.75, 3.05) is 5.32 Å². The van der Waals surface area contributed by atoms with Crippen LogP contribution in [0, 0.1) is 17.0 Å². The van der Waals surface area contributed by atoms with E-state index in [1.165, 1.54) is 12.3 Å². The number of carbonyl (C=O) groups is 1. The summed E-state index contributed by atoms with van der Waals surface area (Å²) in [4.78, 5) is 26.6. The summed E-state index contributed by atoms with van der Waals surface area (Å²) in [5.74, 6) is -0.222. The topological polar surface area (TPSA) is 85.1 Å². The van der Waals surface area contributed by atoms with E-state index in [-0.39, 0.29) is 11.3 Å². The first-order chi connectivity index (χ1) is 9.49. The minimum atomic E-state index is -0.572. The predicted molar refractivity (Wildman–Crippen MR) is 77.7 cm³/mol. The lowest BCUT2D eigenvalue weighted by Gasteiger charge is -2.07. The standard InChI is InChI=1S/C13H10BrN3O3/c1-8-3-2-4-10(17(19)20)12(8)13(18)16-11-6-5-9(14)7-15-11/h2-7H,1H3,(H,15,16,18). The molecule has 0 saturated carbocycles. The van der Waals surface area contributed by atoms with E-state index in [2.05, 4.69) is 26.2 Å². The zero-order valence-corrected chi connectivity index (χ0v) is 12.0. The molecule has 1 amide bonds. The number of halogens is 1. The van der Waals surface area contributed by atoms with Crippen molar-refractivity contribution in [3.63, 3.8) is 0 Å². The van der Waals surface area contributed by atoms with Gasteiger partial charge in [0, 0.05) is 16.7 Å². The molecule has 1 aromatic carbocycles. The number of nitrogens with zero attached hydrogens (tertiary/aromatic N) is 2. The van der Waals surface area contributed by atoms with E-state index >= 15 is 0 Å². The highest BCUT2D eigenvalue weighted by Gasteiger charge is 2.22. The highest BCUT2D eigenvalue weighted by atomic mass is 79.9. The zero-order chi connectivity index (χ0) is 14.7. The number of nitrogens with one attached hydrogen (secondary N) is 1. The van der Waals surface area contributed by atoms with Crippen molar-refractivity contribution in [1.29, 1.82) is 0 Å². The van der Waals surface area contributed by atoms with E-state index in [9.17, 15) is 14.9 Å². The van der Waals surface area contributed by atoms with Crippen LogP contribution in [0.15, 0.2) is 41.0 Å². The lowest BCUT2D eigenvalue weighted by molar-refractivity contribution is -0.385. The van der Waals surface area contributed by atoms with Crippen LogP contribution in [-0.2, 0) is 0 Å². The van der Waals surface area contributed by atoms with E-state index in [0.717, 1.165) is 4.47 Å². The molecule has 2 rings (SSSR count). The van der Waals surface area contributed by atoms with Crippen molar-refractivity contribution < 1.29 is 9.72 Å².